The minimum atomic E-state index is -0.857. The molecule has 45 heavy (non-hydrogen) atoms. The molecule has 226 valence electrons. The minimum absolute atomic E-state index is 0.0402. The summed E-state index contributed by atoms with van der Waals surface area (Å²) in [6.45, 7) is 1.69. The third kappa shape index (κ3) is 4.99. The summed E-state index contributed by atoms with van der Waals surface area (Å²) in [4.78, 5) is 15.9. The molecule has 4 heterocycles. The molecular formula is C36H31F2N5O2. The van der Waals surface area contributed by atoms with E-state index in [4.69, 9.17) is 16.1 Å². The SMILES string of the molecule is C#Cc1cccc2cc(O)cc(-c3c(F)cc4c(N5CC6CCC(C5)N6)nc(OCC5(Cc6ccccn6)CC5)nc4c3F)c12. The first-order valence-electron chi connectivity index (χ1n) is 15.4. The molecule has 0 radical (unpaired) electrons. The first-order valence-corrected chi connectivity index (χ1v) is 15.4. The van der Waals surface area contributed by atoms with Gasteiger partial charge in [-0.05, 0) is 73.9 Å². The topological polar surface area (TPSA) is 83.4 Å². The fraction of sp³-hybridized carbons (Fsp3) is 0.306. The van der Waals surface area contributed by atoms with Crippen LogP contribution in [0, 0.1) is 29.4 Å². The van der Waals surface area contributed by atoms with E-state index in [9.17, 15) is 5.11 Å². The molecule has 2 unspecified atom stereocenters. The number of nitrogens with one attached hydrogen (secondary N) is 1. The Morgan fingerprint density at radius 2 is 1.87 bits per heavy atom. The Hall–Kier alpha value is -4.81. The minimum Gasteiger partial charge on any atom is -0.508 e. The van der Waals surface area contributed by atoms with E-state index >= 15 is 8.78 Å². The van der Waals surface area contributed by atoms with Gasteiger partial charge in [-0.1, -0.05) is 24.1 Å². The van der Waals surface area contributed by atoms with Crippen molar-refractivity contribution in [2.75, 3.05) is 24.6 Å². The van der Waals surface area contributed by atoms with E-state index in [2.05, 4.69) is 26.1 Å². The fourth-order valence-electron chi connectivity index (χ4n) is 7.07. The van der Waals surface area contributed by atoms with Gasteiger partial charge in [0.2, 0.25) is 0 Å². The summed E-state index contributed by atoms with van der Waals surface area (Å²) in [5.74, 6) is 1.30. The molecule has 9 heteroatoms. The second-order valence-electron chi connectivity index (χ2n) is 12.6. The average Bonchev–Trinajstić information content (AvgIpc) is 3.73. The molecule has 1 saturated carbocycles. The molecule has 3 aliphatic rings. The van der Waals surface area contributed by atoms with Crippen LogP contribution in [0.3, 0.4) is 0 Å². The predicted molar refractivity (Wildman–Crippen MR) is 169 cm³/mol. The molecule has 2 aromatic heterocycles. The molecule has 7 nitrogen and oxygen atoms in total. The Balaban J connectivity index is 1.26. The van der Waals surface area contributed by atoms with E-state index in [1.165, 1.54) is 18.2 Å². The number of benzene rings is 3. The highest BCUT2D eigenvalue weighted by Gasteiger charge is 2.44. The highest BCUT2D eigenvalue weighted by atomic mass is 19.1. The van der Waals surface area contributed by atoms with E-state index < -0.39 is 11.6 Å². The zero-order valence-electron chi connectivity index (χ0n) is 24.6. The van der Waals surface area contributed by atoms with E-state index in [-0.39, 0.29) is 51.3 Å². The molecule has 2 bridgehead atoms. The highest BCUT2D eigenvalue weighted by molar-refractivity contribution is 6.04. The van der Waals surface area contributed by atoms with Gasteiger partial charge >= 0.3 is 6.01 Å². The molecule has 0 amide bonds. The predicted octanol–water partition coefficient (Wildman–Crippen LogP) is 6.15. The molecule has 8 rings (SSSR count). The van der Waals surface area contributed by atoms with Gasteiger partial charge in [0.25, 0.3) is 0 Å². The number of hydrogen-bond acceptors (Lipinski definition) is 7. The van der Waals surface area contributed by atoms with E-state index in [0.717, 1.165) is 37.8 Å². The summed E-state index contributed by atoms with van der Waals surface area (Å²) < 4.78 is 39.3. The summed E-state index contributed by atoms with van der Waals surface area (Å²) in [7, 11) is 0. The van der Waals surface area contributed by atoms with Gasteiger partial charge in [-0.3, -0.25) is 4.98 Å². The number of phenolic OH excluding ortho intramolecular Hbond substituents is 1. The van der Waals surface area contributed by atoms with E-state index in [0.29, 0.717) is 41.9 Å². The molecule has 2 atom stereocenters. The molecule has 2 saturated heterocycles. The lowest BCUT2D eigenvalue weighted by Gasteiger charge is -2.34. The molecular weight excluding hydrogens is 572 g/mol. The quantitative estimate of drug-likeness (QED) is 0.216. The largest absolute Gasteiger partial charge is 0.508 e. The van der Waals surface area contributed by atoms with Gasteiger partial charge in [-0.2, -0.15) is 9.97 Å². The number of fused-ring (bicyclic) bond motifs is 4. The molecule has 2 N–H and O–H groups in total. The van der Waals surface area contributed by atoms with Crippen LogP contribution in [0.1, 0.15) is 36.9 Å². The van der Waals surface area contributed by atoms with Crippen LogP contribution in [-0.2, 0) is 6.42 Å². The number of pyridine rings is 1. The van der Waals surface area contributed by atoms with Crippen LogP contribution in [0.2, 0.25) is 0 Å². The molecule has 3 fully saturated rings. The van der Waals surface area contributed by atoms with Crippen LogP contribution in [0.15, 0.2) is 60.8 Å². The van der Waals surface area contributed by atoms with Gasteiger partial charge in [-0.25, -0.2) is 8.78 Å². The van der Waals surface area contributed by atoms with E-state index in [1.807, 2.05) is 18.2 Å². The Labute approximate surface area is 259 Å². The normalized spacial score (nSPS) is 20.0. The van der Waals surface area contributed by atoms with Crippen molar-refractivity contribution in [2.24, 2.45) is 5.41 Å². The summed E-state index contributed by atoms with van der Waals surface area (Å²) in [6.07, 6.45) is 12.4. The van der Waals surface area contributed by atoms with Crippen molar-refractivity contribution in [3.8, 4) is 35.2 Å². The second-order valence-corrected chi connectivity index (χ2v) is 12.6. The summed E-state index contributed by atoms with van der Waals surface area (Å²) in [5.41, 5.74) is 1.18. The number of piperazine rings is 1. The van der Waals surface area contributed by atoms with E-state index in [1.54, 1.807) is 24.4 Å². The number of halogens is 2. The van der Waals surface area contributed by atoms with Crippen LogP contribution in [0.25, 0.3) is 32.8 Å². The van der Waals surface area contributed by atoms with Crippen molar-refractivity contribution in [2.45, 2.75) is 44.2 Å². The number of anilines is 1. The number of ether oxygens (including phenoxy) is 1. The number of phenols is 1. The smallest absolute Gasteiger partial charge is 0.319 e. The molecule has 5 aromatic rings. The van der Waals surface area contributed by atoms with Crippen LogP contribution in [-0.4, -0.2) is 51.8 Å². The number of aromatic nitrogens is 3. The monoisotopic (exact) mass is 603 g/mol. The molecule has 3 aromatic carbocycles. The van der Waals surface area contributed by atoms with Gasteiger partial charge in [-0.15, -0.1) is 6.42 Å². The molecule has 0 spiro atoms. The average molecular weight is 604 g/mol. The van der Waals surface area contributed by atoms with Gasteiger partial charge < -0.3 is 20.1 Å². The Bertz CT molecular complexity index is 2000. The van der Waals surface area contributed by atoms with Crippen LogP contribution in [0.4, 0.5) is 14.6 Å². The van der Waals surface area contributed by atoms with Gasteiger partial charge in [0.05, 0.1) is 12.2 Å². The van der Waals surface area contributed by atoms with Crippen LogP contribution < -0.4 is 15.0 Å². The molecule has 1 aliphatic carbocycles. The van der Waals surface area contributed by atoms with Crippen molar-refractivity contribution in [1.82, 2.24) is 20.3 Å². The molecule has 2 aliphatic heterocycles. The first kappa shape index (κ1) is 27.7. The number of terminal acetylenes is 1. The van der Waals surface area contributed by atoms with Crippen molar-refractivity contribution in [1.29, 1.82) is 0 Å². The summed E-state index contributed by atoms with van der Waals surface area (Å²) in [6, 6.07) is 15.9. The van der Waals surface area contributed by atoms with Crippen LogP contribution in [0.5, 0.6) is 11.8 Å². The van der Waals surface area contributed by atoms with Crippen LogP contribution >= 0.6 is 0 Å². The number of nitrogens with zero attached hydrogens (tertiary/aromatic N) is 4. The number of hydrogen-bond donors (Lipinski definition) is 2. The van der Waals surface area contributed by atoms with Crippen molar-refractivity contribution in [3.63, 3.8) is 0 Å². The fourth-order valence-corrected chi connectivity index (χ4v) is 7.07. The number of rotatable bonds is 7. The van der Waals surface area contributed by atoms with Crippen molar-refractivity contribution < 1.29 is 18.6 Å². The Morgan fingerprint density at radius 3 is 2.60 bits per heavy atom. The van der Waals surface area contributed by atoms with Crippen molar-refractivity contribution >= 4 is 27.5 Å². The summed E-state index contributed by atoms with van der Waals surface area (Å²) >= 11 is 0. The van der Waals surface area contributed by atoms with Crippen molar-refractivity contribution in [3.05, 3.63) is 83.7 Å². The summed E-state index contributed by atoms with van der Waals surface area (Å²) in [5, 5.41) is 15.5. The van der Waals surface area contributed by atoms with Gasteiger partial charge in [0, 0.05) is 64.4 Å². The Kier molecular flexibility index (Phi) is 6.57. The first-order chi connectivity index (χ1) is 21.9. The maximum atomic E-state index is 16.8. The lowest BCUT2D eigenvalue weighted by molar-refractivity contribution is 0.216. The Morgan fingerprint density at radius 1 is 1.04 bits per heavy atom. The lowest BCUT2D eigenvalue weighted by Crippen LogP contribution is -2.51. The third-order valence-corrected chi connectivity index (χ3v) is 9.49. The number of aromatic hydroxyl groups is 1. The zero-order valence-corrected chi connectivity index (χ0v) is 24.6. The zero-order chi connectivity index (χ0) is 30.7. The second kappa shape index (κ2) is 10.7. The van der Waals surface area contributed by atoms with Gasteiger partial charge in [0.15, 0.2) is 5.82 Å². The third-order valence-electron chi connectivity index (χ3n) is 9.49. The standard InChI is InChI=1S/C36H31F2N5O2/c1-2-21-6-5-7-22-14-26(44)15-27(30(21)22)31-29(37)16-28-33(32(31)38)41-35(42-34(28)43-18-24-9-10-25(19-43)40-24)45-20-36(11-12-36)17-23-8-3-4-13-39-23/h1,3-8,13-16,24-25,40,44H,9-12,17-20H2. The maximum Gasteiger partial charge on any atom is 0.319 e. The van der Waals surface area contributed by atoms with Gasteiger partial charge in [0.1, 0.15) is 22.9 Å². The lowest BCUT2D eigenvalue weighted by atomic mass is 9.93. The highest BCUT2D eigenvalue weighted by Crippen LogP contribution is 2.48. The maximum absolute atomic E-state index is 16.8.